The van der Waals surface area contributed by atoms with Gasteiger partial charge in [-0.3, -0.25) is 4.79 Å². The monoisotopic (exact) mass is 341 g/mol. The molecule has 0 bridgehead atoms. The first-order chi connectivity index (χ1) is 12.1. The molecule has 1 fully saturated rings. The van der Waals surface area contributed by atoms with Crippen molar-refractivity contribution >= 4 is 5.91 Å². The molecule has 1 aliphatic heterocycles. The van der Waals surface area contributed by atoms with Gasteiger partial charge in [-0.2, -0.15) is 0 Å². The SMILES string of the molecule is COc1ccc([C@@H](O)[C@@H]2CCC(=O)N2Cc2cccc(OC)c2)cc1. The summed E-state index contributed by atoms with van der Waals surface area (Å²) in [6.07, 6.45) is 0.389. The largest absolute Gasteiger partial charge is 0.497 e. The molecule has 1 aliphatic rings. The van der Waals surface area contributed by atoms with Crippen molar-refractivity contribution in [2.75, 3.05) is 14.2 Å². The van der Waals surface area contributed by atoms with Gasteiger partial charge in [0.15, 0.2) is 0 Å². The maximum absolute atomic E-state index is 12.3. The van der Waals surface area contributed by atoms with Crippen LogP contribution in [0.15, 0.2) is 48.5 Å². The van der Waals surface area contributed by atoms with Crippen LogP contribution in [0.1, 0.15) is 30.1 Å². The highest BCUT2D eigenvalue weighted by Gasteiger charge is 2.36. The van der Waals surface area contributed by atoms with Gasteiger partial charge < -0.3 is 19.5 Å². The highest BCUT2D eigenvalue weighted by molar-refractivity contribution is 5.79. The number of aliphatic hydroxyl groups excluding tert-OH is 1. The Balaban J connectivity index is 1.78. The average molecular weight is 341 g/mol. The van der Waals surface area contributed by atoms with Gasteiger partial charge >= 0.3 is 0 Å². The van der Waals surface area contributed by atoms with E-state index < -0.39 is 6.10 Å². The molecule has 3 rings (SSSR count). The lowest BCUT2D eigenvalue weighted by molar-refractivity contribution is -0.131. The van der Waals surface area contributed by atoms with E-state index in [-0.39, 0.29) is 11.9 Å². The molecule has 2 aromatic rings. The van der Waals surface area contributed by atoms with Gasteiger partial charge in [-0.15, -0.1) is 0 Å². The van der Waals surface area contributed by atoms with Crippen LogP contribution in [0.25, 0.3) is 0 Å². The number of carbonyl (C=O) groups excluding carboxylic acids is 1. The van der Waals surface area contributed by atoms with Crippen LogP contribution in [0.2, 0.25) is 0 Å². The van der Waals surface area contributed by atoms with Crippen LogP contribution in [0.4, 0.5) is 0 Å². The van der Waals surface area contributed by atoms with Crippen LogP contribution in [-0.2, 0) is 11.3 Å². The maximum Gasteiger partial charge on any atom is 0.223 e. The Morgan fingerprint density at radius 1 is 1.12 bits per heavy atom. The zero-order valence-electron chi connectivity index (χ0n) is 14.5. The summed E-state index contributed by atoms with van der Waals surface area (Å²) < 4.78 is 10.4. The van der Waals surface area contributed by atoms with E-state index in [0.29, 0.717) is 19.4 Å². The number of hydrogen-bond acceptors (Lipinski definition) is 4. The van der Waals surface area contributed by atoms with E-state index in [1.165, 1.54) is 0 Å². The van der Waals surface area contributed by atoms with Crippen LogP contribution in [0, 0.1) is 0 Å². The fraction of sp³-hybridized carbons (Fsp3) is 0.350. The number of rotatable bonds is 6. The van der Waals surface area contributed by atoms with E-state index >= 15 is 0 Å². The molecule has 5 nitrogen and oxygen atoms in total. The minimum absolute atomic E-state index is 0.0698. The lowest BCUT2D eigenvalue weighted by atomic mass is 10.00. The third-order valence-corrected chi connectivity index (χ3v) is 4.68. The summed E-state index contributed by atoms with van der Waals surface area (Å²) in [6.45, 7) is 0.466. The molecule has 0 radical (unpaired) electrons. The molecule has 132 valence electrons. The van der Waals surface area contributed by atoms with Crippen LogP contribution in [0.3, 0.4) is 0 Å². The van der Waals surface area contributed by atoms with Gasteiger partial charge in [0.1, 0.15) is 11.5 Å². The minimum Gasteiger partial charge on any atom is -0.497 e. The van der Waals surface area contributed by atoms with Crippen LogP contribution < -0.4 is 9.47 Å². The zero-order valence-corrected chi connectivity index (χ0v) is 14.5. The molecule has 1 N–H and O–H groups in total. The fourth-order valence-electron chi connectivity index (χ4n) is 3.28. The highest BCUT2D eigenvalue weighted by Crippen LogP contribution is 2.32. The Labute approximate surface area is 147 Å². The van der Waals surface area contributed by atoms with Crippen molar-refractivity contribution in [2.45, 2.75) is 31.5 Å². The van der Waals surface area contributed by atoms with E-state index in [0.717, 1.165) is 22.6 Å². The fourth-order valence-corrected chi connectivity index (χ4v) is 3.28. The molecular weight excluding hydrogens is 318 g/mol. The number of likely N-dealkylation sites (tertiary alicyclic amines) is 1. The first-order valence-electron chi connectivity index (χ1n) is 8.37. The van der Waals surface area contributed by atoms with Crippen molar-refractivity contribution in [3.63, 3.8) is 0 Å². The molecule has 2 aromatic carbocycles. The molecular formula is C20H23NO4. The normalized spacial score (nSPS) is 18.3. The second-order valence-electron chi connectivity index (χ2n) is 6.20. The van der Waals surface area contributed by atoms with Crippen molar-refractivity contribution < 1.29 is 19.4 Å². The molecule has 0 spiro atoms. The van der Waals surface area contributed by atoms with Gasteiger partial charge in [-0.05, 0) is 41.8 Å². The van der Waals surface area contributed by atoms with Gasteiger partial charge in [0, 0.05) is 13.0 Å². The summed E-state index contributed by atoms with van der Waals surface area (Å²) in [6, 6.07) is 14.8. The predicted molar refractivity (Wildman–Crippen MR) is 94.5 cm³/mol. The Hall–Kier alpha value is -2.53. The molecule has 1 saturated heterocycles. The summed E-state index contributed by atoms with van der Waals surface area (Å²) in [5.74, 6) is 1.57. The molecule has 0 aromatic heterocycles. The highest BCUT2D eigenvalue weighted by atomic mass is 16.5. The molecule has 1 amide bonds. The standard InChI is InChI=1S/C20H23NO4/c1-24-16-8-6-15(7-9-16)20(23)18-10-11-19(22)21(18)13-14-4-3-5-17(12-14)25-2/h3-9,12,18,20,23H,10-11,13H2,1-2H3/t18-,20+/m0/s1. The van der Waals surface area contributed by atoms with Crippen molar-refractivity contribution in [2.24, 2.45) is 0 Å². The Kier molecular flexibility index (Phi) is 5.24. The number of aliphatic hydroxyl groups is 1. The van der Waals surface area contributed by atoms with Crippen LogP contribution >= 0.6 is 0 Å². The number of ether oxygens (including phenoxy) is 2. The quantitative estimate of drug-likeness (QED) is 0.878. The van der Waals surface area contributed by atoms with Gasteiger partial charge in [0.2, 0.25) is 5.91 Å². The lowest BCUT2D eigenvalue weighted by Crippen LogP contribution is -2.36. The van der Waals surface area contributed by atoms with Crippen molar-refractivity contribution in [3.05, 3.63) is 59.7 Å². The average Bonchev–Trinajstić information content (AvgIpc) is 3.02. The minimum atomic E-state index is -0.719. The van der Waals surface area contributed by atoms with Gasteiger partial charge in [-0.25, -0.2) is 0 Å². The van der Waals surface area contributed by atoms with Gasteiger partial charge in [0.05, 0.1) is 26.4 Å². The lowest BCUT2D eigenvalue weighted by Gasteiger charge is -2.29. The molecule has 0 unspecified atom stereocenters. The van der Waals surface area contributed by atoms with Gasteiger partial charge in [-0.1, -0.05) is 24.3 Å². The Bertz CT molecular complexity index is 729. The maximum atomic E-state index is 12.3. The molecule has 25 heavy (non-hydrogen) atoms. The number of benzene rings is 2. The zero-order chi connectivity index (χ0) is 17.8. The summed E-state index contributed by atoms with van der Waals surface area (Å²) in [5.41, 5.74) is 1.78. The van der Waals surface area contributed by atoms with E-state index in [2.05, 4.69) is 0 Å². The van der Waals surface area contributed by atoms with E-state index in [4.69, 9.17) is 9.47 Å². The van der Waals surface area contributed by atoms with E-state index in [9.17, 15) is 9.90 Å². The molecule has 1 heterocycles. The summed E-state index contributed by atoms with van der Waals surface area (Å²) in [4.78, 5) is 14.1. The number of methoxy groups -OCH3 is 2. The van der Waals surface area contributed by atoms with Crippen LogP contribution in [-0.4, -0.2) is 36.2 Å². The van der Waals surface area contributed by atoms with Crippen molar-refractivity contribution in [3.8, 4) is 11.5 Å². The number of amides is 1. The Morgan fingerprint density at radius 3 is 2.52 bits per heavy atom. The molecule has 5 heteroatoms. The summed E-state index contributed by atoms with van der Waals surface area (Å²) >= 11 is 0. The Morgan fingerprint density at radius 2 is 1.84 bits per heavy atom. The number of carbonyl (C=O) groups is 1. The molecule has 0 saturated carbocycles. The number of nitrogens with zero attached hydrogens (tertiary/aromatic N) is 1. The molecule has 2 atom stereocenters. The first-order valence-corrected chi connectivity index (χ1v) is 8.37. The van der Waals surface area contributed by atoms with Crippen molar-refractivity contribution in [1.29, 1.82) is 0 Å². The third kappa shape index (κ3) is 3.77. The van der Waals surface area contributed by atoms with Crippen LogP contribution in [0.5, 0.6) is 11.5 Å². The predicted octanol–water partition coefficient (Wildman–Crippen LogP) is 2.93. The smallest absolute Gasteiger partial charge is 0.223 e. The second-order valence-corrected chi connectivity index (χ2v) is 6.20. The number of hydrogen-bond donors (Lipinski definition) is 1. The topological polar surface area (TPSA) is 59.0 Å². The first kappa shape index (κ1) is 17.3. The molecule has 0 aliphatic carbocycles. The van der Waals surface area contributed by atoms with E-state index in [1.54, 1.807) is 19.1 Å². The van der Waals surface area contributed by atoms with E-state index in [1.807, 2.05) is 48.5 Å². The van der Waals surface area contributed by atoms with Gasteiger partial charge in [0.25, 0.3) is 0 Å². The third-order valence-electron chi connectivity index (χ3n) is 4.68. The second kappa shape index (κ2) is 7.57. The van der Waals surface area contributed by atoms with Crippen molar-refractivity contribution in [1.82, 2.24) is 4.90 Å². The summed E-state index contributed by atoms with van der Waals surface area (Å²) in [7, 11) is 3.23. The summed E-state index contributed by atoms with van der Waals surface area (Å²) in [5, 5.41) is 10.8.